The van der Waals surface area contributed by atoms with E-state index in [2.05, 4.69) is 22.1 Å². The average Bonchev–Trinajstić information content (AvgIpc) is 3.22. The molecule has 0 spiro atoms. The van der Waals surface area contributed by atoms with E-state index in [1.54, 1.807) is 28.5 Å². The van der Waals surface area contributed by atoms with Gasteiger partial charge in [0.1, 0.15) is 12.1 Å². The van der Waals surface area contributed by atoms with E-state index >= 15 is 0 Å². The van der Waals surface area contributed by atoms with Gasteiger partial charge < -0.3 is 19.1 Å². The normalized spacial score (nSPS) is 14.2. The Morgan fingerprint density at radius 3 is 2.15 bits per heavy atom. The summed E-state index contributed by atoms with van der Waals surface area (Å²) >= 11 is 0. The molecule has 178 valence electrons. The Kier molecular flexibility index (Phi) is 6.68. The molecule has 8 heteroatoms. The zero-order chi connectivity index (χ0) is 24.3. The Bertz CT molecular complexity index is 1140. The van der Waals surface area contributed by atoms with Gasteiger partial charge in [-0.2, -0.15) is 0 Å². The number of piperazine rings is 1. The van der Waals surface area contributed by atoms with E-state index in [9.17, 15) is 9.59 Å². The van der Waals surface area contributed by atoms with Gasteiger partial charge in [-0.3, -0.25) is 9.78 Å². The summed E-state index contributed by atoms with van der Waals surface area (Å²) in [5.41, 5.74) is 4.29. The number of rotatable bonds is 4. The molecule has 34 heavy (non-hydrogen) atoms. The van der Waals surface area contributed by atoms with Crippen molar-refractivity contribution >= 4 is 12.0 Å². The van der Waals surface area contributed by atoms with Gasteiger partial charge in [0, 0.05) is 49.7 Å². The van der Waals surface area contributed by atoms with E-state index < -0.39 is 5.60 Å². The highest BCUT2D eigenvalue weighted by Gasteiger charge is 2.28. The molecule has 1 aliphatic heterocycles. The number of hydrogen-bond acceptors (Lipinski definition) is 5. The van der Waals surface area contributed by atoms with Gasteiger partial charge in [0.15, 0.2) is 0 Å². The van der Waals surface area contributed by atoms with Crippen molar-refractivity contribution in [3.8, 4) is 22.5 Å². The molecule has 2 amide bonds. The Hall–Kier alpha value is -3.68. The van der Waals surface area contributed by atoms with E-state index in [-0.39, 0.29) is 18.5 Å². The largest absolute Gasteiger partial charge is 0.444 e. The minimum atomic E-state index is -0.538. The quantitative estimate of drug-likeness (QED) is 0.587. The van der Waals surface area contributed by atoms with Gasteiger partial charge >= 0.3 is 6.09 Å². The van der Waals surface area contributed by atoms with Crippen LogP contribution >= 0.6 is 0 Å². The first-order valence-corrected chi connectivity index (χ1v) is 11.5. The number of hydrogen-bond donors (Lipinski definition) is 0. The third kappa shape index (κ3) is 5.44. The maximum atomic E-state index is 13.2. The monoisotopic (exact) mass is 461 g/mol. The molecule has 8 nitrogen and oxygen atoms in total. The van der Waals surface area contributed by atoms with Crippen LogP contribution in [-0.2, 0) is 16.1 Å². The van der Waals surface area contributed by atoms with Gasteiger partial charge in [0.05, 0.1) is 17.7 Å². The summed E-state index contributed by atoms with van der Waals surface area (Å²) in [6, 6.07) is 12.1. The molecule has 1 fully saturated rings. The fourth-order valence-electron chi connectivity index (χ4n) is 3.95. The van der Waals surface area contributed by atoms with E-state index in [0.717, 1.165) is 22.5 Å². The van der Waals surface area contributed by atoms with Crippen LogP contribution in [0.1, 0.15) is 26.3 Å². The van der Waals surface area contributed by atoms with Crippen molar-refractivity contribution in [2.75, 3.05) is 26.2 Å². The van der Waals surface area contributed by atoms with Crippen LogP contribution in [0.4, 0.5) is 4.79 Å². The number of benzene rings is 1. The van der Waals surface area contributed by atoms with Gasteiger partial charge in [-0.15, -0.1) is 0 Å². The zero-order valence-electron chi connectivity index (χ0n) is 20.2. The maximum Gasteiger partial charge on any atom is 0.410 e. The van der Waals surface area contributed by atoms with Gasteiger partial charge in [-0.25, -0.2) is 9.78 Å². The molecular weight excluding hydrogens is 430 g/mol. The Morgan fingerprint density at radius 1 is 0.912 bits per heavy atom. The van der Waals surface area contributed by atoms with Crippen LogP contribution in [0.3, 0.4) is 0 Å². The smallest absolute Gasteiger partial charge is 0.410 e. The van der Waals surface area contributed by atoms with Crippen LogP contribution in [0.5, 0.6) is 0 Å². The molecule has 3 aromatic rings. The number of carbonyl (C=O) groups excluding carboxylic acids is 2. The molecule has 0 saturated carbocycles. The predicted octanol–water partition coefficient (Wildman–Crippen LogP) is 4.00. The first kappa shape index (κ1) is 23.5. The second-order valence-corrected chi connectivity index (χ2v) is 9.52. The molecule has 0 unspecified atom stereocenters. The highest BCUT2D eigenvalue weighted by molar-refractivity contribution is 5.82. The SMILES string of the molecule is Cc1ccc(-c2ncn(CC(=O)N3CCN(C(=O)OC(C)(C)C)CC3)c2-c2ccncc2)cc1. The Labute approximate surface area is 200 Å². The molecule has 0 atom stereocenters. The maximum absolute atomic E-state index is 13.2. The summed E-state index contributed by atoms with van der Waals surface area (Å²) in [7, 11) is 0. The van der Waals surface area contributed by atoms with Crippen molar-refractivity contribution in [2.24, 2.45) is 0 Å². The third-order valence-electron chi connectivity index (χ3n) is 5.71. The lowest BCUT2D eigenvalue weighted by Gasteiger charge is -2.35. The first-order chi connectivity index (χ1) is 16.2. The van der Waals surface area contributed by atoms with Gasteiger partial charge in [0.25, 0.3) is 0 Å². The lowest BCUT2D eigenvalue weighted by atomic mass is 10.0. The van der Waals surface area contributed by atoms with Crippen molar-refractivity contribution in [1.29, 1.82) is 0 Å². The van der Waals surface area contributed by atoms with Crippen molar-refractivity contribution in [3.05, 3.63) is 60.7 Å². The number of nitrogens with zero attached hydrogens (tertiary/aromatic N) is 5. The van der Waals surface area contributed by atoms with Crippen LogP contribution in [0.2, 0.25) is 0 Å². The molecular formula is C26H31N5O3. The minimum absolute atomic E-state index is 0.00741. The Morgan fingerprint density at radius 2 is 1.53 bits per heavy atom. The lowest BCUT2D eigenvalue weighted by molar-refractivity contribution is -0.133. The molecule has 4 rings (SSSR count). The van der Waals surface area contributed by atoms with Crippen LogP contribution in [-0.4, -0.2) is 68.1 Å². The molecule has 2 aromatic heterocycles. The van der Waals surface area contributed by atoms with E-state index in [4.69, 9.17) is 4.74 Å². The Balaban J connectivity index is 1.50. The highest BCUT2D eigenvalue weighted by Crippen LogP contribution is 2.31. The minimum Gasteiger partial charge on any atom is -0.444 e. The number of imidazole rings is 1. The first-order valence-electron chi connectivity index (χ1n) is 11.5. The number of aryl methyl sites for hydroxylation is 1. The standard InChI is InChI=1S/C26H31N5O3/c1-19-5-7-20(8-6-19)23-24(21-9-11-27-12-10-21)31(18-28-23)17-22(32)29-13-15-30(16-14-29)25(33)34-26(2,3)4/h5-12,18H,13-17H2,1-4H3. The van der Waals surface area contributed by atoms with Crippen LogP contribution in [0.15, 0.2) is 55.1 Å². The van der Waals surface area contributed by atoms with Crippen molar-refractivity contribution in [3.63, 3.8) is 0 Å². The molecule has 1 aliphatic rings. The molecule has 0 bridgehead atoms. The number of aromatic nitrogens is 3. The number of carbonyl (C=O) groups is 2. The van der Waals surface area contributed by atoms with Crippen molar-refractivity contribution in [1.82, 2.24) is 24.3 Å². The van der Waals surface area contributed by atoms with E-state index in [1.807, 2.05) is 56.5 Å². The van der Waals surface area contributed by atoms with Crippen LogP contribution < -0.4 is 0 Å². The molecule has 1 saturated heterocycles. The molecule has 0 N–H and O–H groups in total. The molecule has 1 aromatic carbocycles. The van der Waals surface area contributed by atoms with Gasteiger partial charge in [-0.05, 0) is 39.8 Å². The summed E-state index contributed by atoms with van der Waals surface area (Å²) in [5.74, 6) is -0.00741. The number of ether oxygens (including phenoxy) is 1. The molecule has 0 radical (unpaired) electrons. The highest BCUT2D eigenvalue weighted by atomic mass is 16.6. The van der Waals surface area contributed by atoms with Crippen LogP contribution in [0.25, 0.3) is 22.5 Å². The van der Waals surface area contributed by atoms with Gasteiger partial charge in [-0.1, -0.05) is 29.8 Å². The summed E-state index contributed by atoms with van der Waals surface area (Å²) in [4.78, 5) is 37.7. The second-order valence-electron chi connectivity index (χ2n) is 9.52. The topological polar surface area (TPSA) is 80.6 Å². The summed E-state index contributed by atoms with van der Waals surface area (Å²) < 4.78 is 7.35. The van der Waals surface area contributed by atoms with E-state index in [1.165, 1.54) is 5.56 Å². The average molecular weight is 462 g/mol. The van der Waals surface area contributed by atoms with Gasteiger partial charge in [0.2, 0.25) is 5.91 Å². The predicted molar refractivity (Wildman–Crippen MR) is 130 cm³/mol. The summed E-state index contributed by atoms with van der Waals surface area (Å²) in [5, 5.41) is 0. The lowest BCUT2D eigenvalue weighted by Crippen LogP contribution is -2.52. The van der Waals surface area contributed by atoms with Crippen molar-refractivity contribution < 1.29 is 14.3 Å². The number of amides is 2. The van der Waals surface area contributed by atoms with Crippen molar-refractivity contribution in [2.45, 2.75) is 39.8 Å². The molecule has 3 heterocycles. The summed E-state index contributed by atoms with van der Waals surface area (Å²) in [6.45, 7) is 9.62. The third-order valence-corrected chi connectivity index (χ3v) is 5.71. The zero-order valence-corrected chi connectivity index (χ0v) is 20.2. The second kappa shape index (κ2) is 9.67. The molecule has 0 aliphatic carbocycles. The fourth-order valence-corrected chi connectivity index (χ4v) is 3.95. The number of pyridine rings is 1. The summed E-state index contributed by atoms with van der Waals surface area (Å²) in [6.07, 6.45) is 4.86. The van der Waals surface area contributed by atoms with E-state index in [0.29, 0.717) is 26.2 Å². The van der Waals surface area contributed by atoms with Crippen LogP contribution in [0, 0.1) is 6.92 Å². The fraction of sp³-hybridized carbons (Fsp3) is 0.385.